The fourth-order valence-electron chi connectivity index (χ4n) is 2.89. The van der Waals surface area contributed by atoms with Crippen LogP contribution in [0.1, 0.15) is 45.1 Å². The molecule has 0 aliphatic heterocycles. The zero-order chi connectivity index (χ0) is 24.1. The number of ether oxygens (including phenoxy) is 1. The minimum Gasteiger partial charge on any atom is -0.466 e. The average Bonchev–Trinajstić information content (AvgIpc) is 2.77. The first kappa shape index (κ1) is 26.0. The second-order valence-corrected chi connectivity index (χ2v) is 8.30. The molecule has 2 aromatic carbocycles. The molecule has 0 atom stereocenters. The highest BCUT2D eigenvalue weighted by Crippen LogP contribution is 2.16. The number of esters is 1. The lowest BCUT2D eigenvalue weighted by Gasteiger charge is -2.12. The highest BCUT2D eigenvalue weighted by atomic mass is 32.1. The van der Waals surface area contributed by atoms with Crippen molar-refractivity contribution in [3.05, 3.63) is 60.2 Å². The van der Waals surface area contributed by atoms with E-state index in [9.17, 15) is 14.4 Å². The van der Waals surface area contributed by atoms with E-state index in [0.717, 1.165) is 12.8 Å². The molecule has 0 saturated heterocycles. The van der Waals surface area contributed by atoms with Crippen LogP contribution in [-0.2, 0) is 25.5 Å². The standard InChI is InChI=1S/C25H31N3O4S/c1-18(2)24(31)26-20-12-6-13-21(17-20)27-25(33)28-22(29)14-7-15-23(30)32-16-8-11-19-9-4-3-5-10-19/h3-6,9-10,12-13,17-18H,7-8,11,14-16H2,1-2H3,(H,26,31)(H2,27,28,29,33). The Balaban J connectivity index is 1.61. The summed E-state index contributed by atoms with van der Waals surface area (Å²) in [5.41, 5.74) is 2.48. The number of carbonyl (C=O) groups is 3. The highest BCUT2D eigenvalue weighted by Gasteiger charge is 2.10. The van der Waals surface area contributed by atoms with Crippen LogP contribution in [0.4, 0.5) is 11.4 Å². The Labute approximate surface area is 200 Å². The van der Waals surface area contributed by atoms with E-state index in [1.807, 2.05) is 44.2 Å². The summed E-state index contributed by atoms with van der Waals surface area (Å²) in [6, 6.07) is 17.1. The van der Waals surface area contributed by atoms with Gasteiger partial charge in [0.2, 0.25) is 11.8 Å². The molecule has 0 aliphatic rings. The molecule has 0 aromatic heterocycles. The van der Waals surface area contributed by atoms with Gasteiger partial charge in [0.25, 0.3) is 0 Å². The molecule has 0 unspecified atom stereocenters. The second-order valence-electron chi connectivity index (χ2n) is 7.89. The molecule has 0 aliphatic carbocycles. The molecule has 0 radical (unpaired) electrons. The van der Waals surface area contributed by atoms with Gasteiger partial charge >= 0.3 is 5.97 Å². The van der Waals surface area contributed by atoms with Crippen LogP contribution < -0.4 is 16.0 Å². The molecule has 2 aromatic rings. The van der Waals surface area contributed by atoms with E-state index in [1.165, 1.54) is 5.56 Å². The van der Waals surface area contributed by atoms with Crippen LogP contribution >= 0.6 is 12.2 Å². The molecule has 0 fully saturated rings. The Morgan fingerprint density at radius 3 is 2.30 bits per heavy atom. The maximum absolute atomic E-state index is 12.1. The SMILES string of the molecule is CC(C)C(=O)Nc1cccc(NC(=S)NC(=O)CCCC(=O)OCCCc2ccccc2)c1. The molecule has 2 amide bonds. The first-order valence-electron chi connectivity index (χ1n) is 11.0. The molecule has 0 spiro atoms. The number of nitrogens with one attached hydrogen (secondary N) is 3. The van der Waals surface area contributed by atoms with Crippen molar-refractivity contribution in [2.75, 3.05) is 17.2 Å². The third-order valence-corrected chi connectivity index (χ3v) is 4.87. The van der Waals surface area contributed by atoms with Gasteiger partial charge in [-0.25, -0.2) is 0 Å². The number of amides is 2. The molecule has 0 bridgehead atoms. The summed E-state index contributed by atoms with van der Waals surface area (Å²) < 4.78 is 5.22. The second kappa shape index (κ2) is 14.0. The van der Waals surface area contributed by atoms with E-state index in [4.69, 9.17) is 17.0 Å². The van der Waals surface area contributed by atoms with Crippen molar-refractivity contribution in [2.24, 2.45) is 5.92 Å². The van der Waals surface area contributed by atoms with Crippen LogP contribution in [0.25, 0.3) is 0 Å². The molecular formula is C25H31N3O4S. The molecule has 176 valence electrons. The van der Waals surface area contributed by atoms with Gasteiger partial charge in [0.05, 0.1) is 6.61 Å². The zero-order valence-electron chi connectivity index (χ0n) is 19.1. The Bertz CT molecular complexity index is 948. The van der Waals surface area contributed by atoms with E-state index < -0.39 is 0 Å². The van der Waals surface area contributed by atoms with Crippen molar-refractivity contribution in [2.45, 2.75) is 46.0 Å². The summed E-state index contributed by atoms with van der Waals surface area (Å²) in [5.74, 6) is -0.809. The summed E-state index contributed by atoms with van der Waals surface area (Å²) in [5, 5.41) is 8.47. The molecule has 33 heavy (non-hydrogen) atoms. The molecule has 2 rings (SSSR count). The molecule has 0 heterocycles. The first-order chi connectivity index (χ1) is 15.8. The van der Waals surface area contributed by atoms with Crippen LogP contribution in [0.2, 0.25) is 0 Å². The molecule has 8 heteroatoms. The monoisotopic (exact) mass is 469 g/mol. The lowest BCUT2D eigenvalue weighted by atomic mass is 10.1. The van der Waals surface area contributed by atoms with E-state index >= 15 is 0 Å². The van der Waals surface area contributed by atoms with Crippen LogP contribution in [0, 0.1) is 5.92 Å². The lowest BCUT2D eigenvalue weighted by molar-refractivity contribution is -0.143. The zero-order valence-corrected chi connectivity index (χ0v) is 19.9. The van der Waals surface area contributed by atoms with Gasteiger partial charge in [0.15, 0.2) is 5.11 Å². The van der Waals surface area contributed by atoms with Crippen LogP contribution in [0.15, 0.2) is 54.6 Å². The smallest absolute Gasteiger partial charge is 0.305 e. The van der Waals surface area contributed by atoms with Gasteiger partial charge in [-0.2, -0.15) is 0 Å². The highest BCUT2D eigenvalue weighted by molar-refractivity contribution is 7.80. The predicted molar refractivity (Wildman–Crippen MR) is 134 cm³/mol. The van der Waals surface area contributed by atoms with Crippen molar-refractivity contribution in [3.63, 3.8) is 0 Å². The van der Waals surface area contributed by atoms with Gasteiger partial charge in [-0.15, -0.1) is 0 Å². The van der Waals surface area contributed by atoms with Crippen molar-refractivity contribution in [1.29, 1.82) is 0 Å². The van der Waals surface area contributed by atoms with Gasteiger partial charge in [0.1, 0.15) is 0 Å². The van der Waals surface area contributed by atoms with Crippen LogP contribution in [-0.4, -0.2) is 29.5 Å². The summed E-state index contributed by atoms with van der Waals surface area (Å²) in [6.07, 6.45) is 2.33. The van der Waals surface area contributed by atoms with Crippen molar-refractivity contribution < 1.29 is 19.1 Å². The minimum absolute atomic E-state index is 0.0854. The quantitative estimate of drug-likeness (QED) is 0.256. The summed E-state index contributed by atoms with van der Waals surface area (Å²) in [7, 11) is 0. The van der Waals surface area contributed by atoms with E-state index in [0.29, 0.717) is 24.4 Å². The van der Waals surface area contributed by atoms with Gasteiger partial charge in [0, 0.05) is 30.1 Å². The number of carbonyl (C=O) groups excluding carboxylic acids is 3. The topological polar surface area (TPSA) is 96.5 Å². The van der Waals surface area contributed by atoms with Gasteiger partial charge < -0.3 is 20.7 Å². The Hall–Kier alpha value is -3.26. The summed E-state index contributed by atoms with van der Waals surface area (Å²) >= 11 is 5.18. The molecule has 0 saturated carbocycles. The third kappa shape index (κ3) is 10.7. The first-order valence-corrected chi connectivity index (χ1v) is 11.5. The number of hydrogen-bond donors (Lipinski definition) is 3. The Morgan fingerprint density at radius 2 is 1.61 bits per heavy atom. The lowest BCUT2D eigenvalue weighted by Crippen LogP contribution is -2.34. The Morgan fingerprint density at radius 1 is 0.909 bits per heavy atom. The number of hydrogen-bond acceptors (Lipinski definition) is 5. The molecular weight excluding hydrogens is 438 g/mol. The number of rotatable bonds is 11. The largest absolute Gasteiger partial charge is 0.466 e. The maximum Gasteiger partial charge on any atom is 0.305 e. The van der Waals surface area contributed by atoms with E-state index in [2.05, 4.69) is 16.0 Å². The van der Waals surface area contributed by atoms with Crippen molar-refractivity contribution in [1.82, 2.24) is 5.32 Å². The summed E-state index contributed by atoms with van der Waals surface area (Å²) in [6.45, 7) is 3.99. The predicted octanol–water partition coefficient (Wildman–Crippen LogP) is 4.44. The van der Waals surface area contributed by atoms with Crippen molar-refractivity contribution >= 4 is 46.5 Å². The number of thiocarbonyl (C=S) groups is 1. The van der Waals surface area contributed by atoms with Crippen LogP contribution in [0.3, 0.4) is 0 Å². The van der Waals surface area contributed by atoms with Crippen LogP contribution in [0.5, 0.6) is 0 Å². The number of anilines is 2. The maximum atomic E-state index is 12.1. The van der Waals surface area contributed by atoms with Gasteiger partial charge in [-0.1, -0.05) is 50.2 Å². The molecule has 3 N–H and O–H groups in total. The van der Waals surface area contributed by atoms with E-state index in [1.54, 1.807) is 24.3 Å². The number of aryl methyl sites for hydroxylation is 1. The normalized spacial score (nSPS) is 10.4. The van der Waals surface area contributed by atoms with E-state index in [-0.39, 0.29) is 41.7 Å². The third-order valence-electron chi connectivity index (χ3n) is 4.67. The fourth-order valence-corrected chi connectivity index (χ4v) is 3.12. The fraction of sp³-hybridized carbons (Fsp3) is 0.360. The van der Waals surface area contributed by atoms with Gasteiger partial charge in [-0.3, -0.25) is 14.4 Å². The minimum atomic E-state index is -0.308. The average molecular weight is 470 g/mol. The number of benzene rings is 2. The Kier molecular flexibility index (Phi) is 11.0. The van der Waals surface area contributed by atoms with Gasteiger partial charge in [-0.05, 0) is 55.2 Å². The summed E-state index contributed by atoms with van der Waals surface area (Å²) in [4.78, 5) is 35.7. The van der Waals surface area contributed by atoms with Crippen molar-refractivity contribution in [3.8, 4) is 0 Å². The molecule has 7 nitrogen and oxygen atoms in total.